The molecule has 2 rings (SSSR count). The second-order valence-corrected chi connectivity index (χ2v) is 5.98. The molecule has 0 radical (unpaired) electrons. The third kappa shape index (κ3) is 4.30. The molecule has 20 heavy (non-hydrogen) atoms. The molecule has 1 atom stereocenters. The lowest BCUT2D eigenvalue weighted by Gasteiger charge is -2.28. The summed E-state index contributed by atoms with van der Waals surface area (Å²) in [6.07, 6.45) is 1.27. The first-order valence-corrected chi connectivity index (χ1v) is 7.90. The molecule has 1 aromatic rings. The van der Waals surface area contributed by atoms with E-state index in [1.807, 2.05) is 0 Å². The van der Waals surface area contributed by atoms with Crippen LogP contribution in [-0.4, -0.2) is 49.1 Å². The first kappa shape index (κ1) is 15.5. The van der Waals surface area contributed by atoms with Gasteiger partial charge in [0, 0.05) is 32.2 Å². The second kappa shape index (κ2) is 7.77. The van der Waals surface area contributed by atoms with E-state index in [1.54, 1.807) is 0 Å². The van der Waals surface area contributed by atoms with Gasteiger partial charge in [-0.15, -0.1) is 0 Å². The van der Waals surface area contributed by atoms with Crippen LogP contribution >= 0.6 is 0 Å². The zero-order valence-electron chi connectivity index (χ0n) is 13.2. The van der Waals surface area contributed by atoms with Gasteiger partial charge in [0.1, 0.15) is 0 Å². The normalized spacial score (nSPS) is 21.9. The lowest BCUT2D eigenvalue weighted by Crippen LogP contribution is -2.37. The molecule has 1 heterocycles. The van der Waals surface area contributed by atoms with Crippen molar-refractivity contribution in [1.82, 2.24) is 15.1 Å². The van der Waals surface area contributed by atoms with Gasteiger partial charge in [-0.2, -0.15) is 0 Å². The van der Waals surface area contributed by atoms with Crippen LogP contribution in [-0.2, 0) is 13.1 Å². The summed E-state index contributed by atoms with van der Waals surface area (Å²) < 4.78 is 0. The molecule has 1 saturated heterocycles. The van der Waals surface area contributed by atoms with Crippen LogP contribution in [0.4, 0.5) is 0 Å². The van der Waals surface area contributed by atoms with E-state index in [4.69, 9.17) is 0 Å². The molecule has 0 spiro atoms. The Balaban J connectivity index is 2.04. The Labute approximate surface area is 124 Å². The van der Waals surface area contributed by atoms with Crippen molar-refractivity contribution in [2.45, 2.75) is 39.4 Å². The SMILES string of the molecule is CCNCc1ccccc1CN1CCCN(C)CC1C. The van der Waals surface area contributed by atoms with Gasteiger partial charge in [-0.05, 0) is 44.6 Å². The molecule has 1 unspecified atom stereocenters. The molecule has 1 aromatic carbocycles. The highest BCUT2D eigenvalue weighted by atomic mass is 15.2. The minimum absolute atomic E-state index is 0.634. The smallest absolute Gasteiger partial charge is 0.0240 e. The Morgan fingerprint density at radius 2 is 1.95 bits per heavy atom. The summed E-state index contributed by atoms with van der Waals surface area (Å²) in [5, 5.41) is 3.45. The summed E-state index contributed by atoms with van der Waals surface area (Å²) in [6.45, 7) is 11.2. The van der Waals surface area contributed by atoms with Crippen molar-refractivity contribution in [3.8, 4) is 0 Å². The second-order valence-electron chi connectivity index (χ2n) is 5.98. The molecule has 0 amide bonds. The van der Waals surface area contributed by atoms with Crippen molar-refractivity contribution in [2.24, 2.45) is 0 Å². The van der Waals surface area contributed by atoms with Gasteiger partial charge in [-0.3, -0.25) is 4.90 Å². The van der Waals surface area contributed by atoms with Gasteiger partial charge in [0.25, 0.3) is 0 Å². The van der Waals surface area contributed by atoms with E-state index >= 15 is 0 Å². The van der Waals surface area contributed by atoms with Crippen LogP contribution in [0.25, 0.3) is 0 Å². The molecule has 3 heteroatoms. The highest BCUT2D eigenvalue weighted by molar-refractivity contribution is 5.27. The minimum Gasteiger partial charge on any atom is -0.313 e. The van der Waals surface area contributed by atoms with E-state index in [1.165, 1.54) is 37.2 Å². The number of hydrogen-bond donors (Lipinski definition) is 1. The van der Waals surface area contributed by atoms with Crippen molar-refractivity contribution < 1.29 is 0 Å². The van der Waals surface area contributed by atoms with Gasteiger partial charge in [0.05, 0.1) is 0 Å². The van der Waals surface area contributed by atoms with Gasteiger partial charge in [-0.1, -0.05) is 31.2 Å². The minimum atomic E-state index is 0.634. The molecule has 1 aliphatic rings. The Morgan fingerprint density at radius 1 is 1.20 bits per heavy atom. The zero-order chi connectivity index (χ0) is 14.4. The Morgan fingerprint density at radius 3 is 2.70 bits per heavy atom. The average molecular weight is 275 g/mol. The molecular weight excluding hydrogens is 246 g/mol. The molecular formula is C17H29N3. The largest absolute Gasteiger partial charge is 0.313 e. The van der Waals surface area contributed by atoms with Crippen LogP contribution in [0.5, 0.6) is 0 Å². The maximum absolute atomic E-state index is 3.45. The third-order valence-corrected chi connectivity index (χ3v) is 4.24. The van der Waals surface area contributed by atoms with Gasteiger partial charge in [-0.25, -0.2) is 0 Å². The fourth-order valence-corrected chi connectivity index (χ4v) is 3.02. The van der Waals surface area contributed by atoms with Crippen LogP contribution in [0.15, 0.2) is 24.3 Å². The van der Waals surface area contributed by atoms with Crippen LogP contribution < -0.4 is 5.32 Å². The van der Waals surface area contributed by atoms with Gasteiger partial charge < -0.3 is 10.2 Å². The van der Waals surface area contributed by atoms with E-state index in [9.17, 15) is 0 Å². The van der Waals surface area contributed by atoms with Crippen LogP contribution in [0.3, 0.4) is 0 Å². The molecule has 1 N–H and O–H groups in total. The van der Waals surface area contributed by atoms with Crippen molar-refractivity contribution in [3.05, 3.63) is 35.4 Å². The molecule has 0 aromatic heterocycles. The van der Waals surface area contributed by atoms with Crippen molar-refractivity contribution in [2.75, 3.05) is 33.2 Å². The quantitative estimate of drug-likeness (QED) is 0.890. The fraction of sp³-hybridized carbons (Fsp3) is 0.647. The molecule has 0 saturated carbocycles. The lowest BCUT2D eigenvalue weighted by molar-refractivity contribution is 0.194. The van der Waals surface area contributed by atoms with E-state index in [0.29, 0.717) is 6.04 Å². The first-order valence-electron chi connectivity index (χ1n) is 7.90. The molecule has 0 bridgehead atoms. The number of benzene rings is 1. The number of nitrogens with one attached hydrogen (secondary N) is 1. The summed E-state index contributed by atoms with van der Waals surface area (Å²) in [5.74, 6) is 0. The molecule has 1 aliphatic heterocycles. The average Bonchev–Trinajstić information content (AvgIpc) is 2.59. The van der Waals surface area contributed by atoms with Crippen LogP contribution in [0.1, 0.15) is 31.4 Å². The number of rotatable bonds is 5. The molecule has 112 valence electrons. The van der Waals surface area contributed by atoms with E-state index in [-0.39, 0.29) is 0 Å². The zero-order valence-corrected chi connectivity index (χ0v) is 13.2. The Kier molecular flexibility index (Phi) is 6.02. The lowest BCUT2D eigenvalue weighted by atomic mass is 10.1. The predicted molar refractivity (Wildman–Crippen MR) is 85.8 cm³/mol. The first-order chi connectivity index (χ1) is 9.70. The monoisotopic (exact) mass is 275 g/mol. The summed E-state index contributed by atoms with van der Waals surface area (Å²) in [4.78, 5) is 5.09. The number of likely N-dealkylation sites (N-methyl/N-ethyl adjacent to an activating group) is 1. The van der Waals surface area contributed by atoms with Gasteiger partial charge >= 0.3 is 0 Å². The summed E-state index contributed by atoms with van der Waals surface area (Å²) in [6, 6.07) is 9.49. The Hall–Kier alpha value is -0.900. The van der Waals surface area contributed by atoms with E-state index in [0.717, 1.165) is 19.6 Å². The highest BCUT2D eigenvalue weighted by Crippen LogP contribution is 2.16. The number of hydrogen-bond acceptors (Lipinski definition) is 3. The molecule has 1 fully saturated rings. The summed E-state index contributed by atoms with van der Waals surface area (Å²) in [5.41, 5.74) is 2.92. The Bertz CT molecular complexity index is 405. The van der Waals surface area contributed by atoms with Crippen molar-refractivity contribution in [1.29, 1.82) is 0 Å². The van der Waals surface area contributed by atoms with E-state index < -0.39 is 0 Å². The maximum atomic E-state index is 3.45. The predicted octanol–water partition coefficient (Wildman–Crippen LogP) is 2.32. The van der Waals surface area contributed by atoms with Crippen LogP contribution in [0, 0.1) is 0 Å². The number of nitrogens with zero attached hydrogens (tertiary/aromatic N) is 2. The third-order valence-electron chi connectivity index (χ3n) is 4.24. The van der Waals surface area contributed by atoms with Crippen molar-refractivity contribution in [3.63, 3.8) is 0 Å². The summed E-state index contributed by atoms with van der Waals surface area (Å²) >= 11 is 0. The maximum Gasteiger partial charge on any atom is 0.0240 e. The highest BCUT2D eigenvalue weighted by Gasteiger charge is 2.20. The summed E-state index contributed by atoms with van der Waals surface area (Å²) in [7, 11) is 2.24. The molecule has 0 aliphatic carbocycles. The van der Waals surface area contributed by atoms with Crippen molar-refractivity contribution >= 4 is 0 Å². The van der Waals surface area contributed by atoms with Gasteiger partial charge in [0.15, 0.2) is 0 Å². The standard InChI is InChI=1S/C17H29N3/c1-4-18-12-16-8-5-6-9-17(16)14-20-11-7-10-19(3)13-15(20)2/h5-6,8-9,15,18H,4,7,10-14H2,1-3H3. The van der Waals surface area contributed by atoms with Gasteiger partial charge in [0.2, 0.25) is 0 Å². The fourth-order valence-electron chi connectivity index (χ4n) is 3.02. The van der Waals surface area contributed by atoms with E-state index in [2.05, 4.69) is 60.3 Å². The topological polar surface area (TPSA) is 18.5 Å². The molecule has 3 nitrogen and oxygen atoms in total. The van der Waals surface area contributed by atoms with Crippen LogP contribution in [0.2, 0.25) is 0 Å².